The van der Waals surface area contributed by atoms with Gasteiger partial charge < -0.3 is 19.4 Å². The van der Waals surface area contributed by atoms with Crippen molar-refractivity contribution >= 4 is 11.9 Å². The summed E-state index contributed by atoms with van der Waals surface area (Å²) in [4.78, 5) is 23.3. The molecule has 0 bridgehead atoms. The van der Waals surface area contributed by atoms with Gasteiger partial charge in [0.1, 0.15) is 11.8 Å². The Kier molecular flexibility index (Phi) is 4.98. The molecule has 0 radical (unpaired) electrons. The number of aromatic nitrogens is 1. The molecule has 1 unspecified atom stereocenters. The second-order valence-corrected chi connectivity index (χ2v) is 5.43. The first-order valence-corrected chi connectivity index (χ1v) is 6.97. The minimum Gasteiger partial charge on any atom is -0.480 e. The van der Waals surface area contributed by atoms with Gasteiger partial charge in [0, 0.05) is 12.5 Å². The van der Waals surface area contributed by atoms with Crippen LogP contribution in [0.3, 0.4) is 0 Å². The van der Waals surface area contributed by atoms with Crippen LogP contribution in [-0.2, 0) is 17.6 Å². The number of nitrogens with one attached hydrogen (secondary N) is 1. The Balaban J connectivity index is 2.01. The minimum absolute atomic E-state index is 0.00125. The molecule has 118 valence electrons. The first kappa shape index (κ1) is 15.8. The van der Waals surface area contributed by atoms with Crippen molar-refractivity contribution < 1.29 is 23.6 Å². The van der Waals surface area contributed by atoms with Gasteiger partial charge in [-0.05, 0) is 24.5 Å². The molecule has 0 saturated carbocycles. The van der Waals surface area contributed by atoms with Gasteiger partial charge in [-0.2, -0.15) is 0 Å². The molecule has 0 saturated heterocycles. The molecule has 7 heteroatoms. The summed E-state index contributed by atoms with van der Waals surface area (Å²) in [6, 6.07) is 3.74. The maximum Gasteiger partial charge on any atom is 0.326 e. The Labute approximate surface area is 127 Å². The van der Waals surface area contributed by atoms with Gasteiger partial charge in [0.05, 0.1) is 12.0 Å². The highest BCUT2D eigenvalue weighted by Gasteiger charge is 2.24. The van der Waals surface area contributed by atoms with E-state index in [2.05, 4.69) is 10.5 Å². The van der Waals surface area contributed by atoms with Crippen LogP contribution in [0.5, 0.6) is 0 Å². The monoisotopic (exact) mass is 306 g/mol. The summed E-state index contributed by atoms with van der Waals surface area (Å²) in [6.07, 6.45) is 2.19. The standard InChI is InChI=1S/C15H18N2O5/c1-9(2)6-10-7-13(22-17-10)14(18)16-12(15(19)20)8-11-4-3-5-21-11/h3-5,7,9,12H,6,8H2,1-2H3,(H,16,18)(H,19,20). The van der Waals surface area contributed by atoms with E-state index in [-0.39, 0.29) is 12.2 Å². The van der Waals surface area contributed by atoms with Crippen LogP contribution in [0.2, 0.25) is 0 Å². The van der Waals surface area contributed by atoms with Crippen LogP contribution in [0.1, 0.15) is 35.9 Å². The average Bonchev–Trinajstić information content (AvgIpc) is 3.08. The van der Waals surface area contributed by atoms with Crippen molar-refractivity contribution in [3.8, 4) is 0 Å². The molecule has 1 atom stereocenters. The minimum atomic E-state index is -1.15. The lowest BCUT2D eigenvalue weighted by atomic mass is 10.1. The summed E-state index contributed by atoms with van der Waals surface area (Å²) in [5.41, 5.74) is 0.665. The number of amides is 1. The molecular formula is C15H18N2O5. The summed E-state index contributed by atoms with van der Waals surface area (Å²) < 4.78 is 10.1. The summed E-state index contributed by atoms with van der Waals surface area (Å²) in [7, 11) is 0. The van der Waals surface area contributed by atoms with E-state index < -0.39 is 17.9 Å². The lowest BCUT2D eigenvalue weighted by molar-refractivity contribution is -0.139. The predicted molar refractivity (Wildman–Crippen MR) is 76.3 cm³/mol. The Morgan fingerprint density at radius 2 is 2.14 bits per heavy atom. The van der Waals surface area contributed by atoms with E-state index in [1.807, 2.05) is 13.8 Å². The zero-order valence-electron chi connectivity index (χ0n) is 12.4. The molecule has 2 heterocycles. The van der Waals surface area contributed by atoms with Gasteiger partial charge in [0.25, 0.3) is 5.91 Å². The van der Waals surface area contributed by atoms with Gasteiger partial charge >= 0.3 is 5.97 Å². The number of aliphatic carboxylic acids is 1. The van der Waals surface area contributed by atoms with E-state index in [1.54, 1.807) is 12.1 Å². The quantitative estimate of drug-likeness (QED) is 0.809. The van der Waals surface area contributed by atoms with Crippen molar-refractivity contribution in [1.29, 1.82) is 0 Å². The van der Waals surface area contributed by atoms with Crippen molar-refractivity contribution in [3.63, 3.8) is 0 Å². The van der Waals surface area contributed by atoms with Crippen LogP contribution in [0, 0.1) is 5.92 Å². The lowest BCUT2D eigenvalue weighted by Gasteiger charge is -2.11. The molecule has 2 aromatic rings. The fraction of sp³-hybridized carbons (Fsp3) is 0.400. The molecule has 7 nitrogen and oxygen atoms in total. The van der Waals surface area contributed by atoms with E-state index in [0.29, 0.717) is 23.8 Å². The van der Waals surface area contributed by atoms with Gasteiger partial charge in [0.15, 0.2) is 0 Å². The van der Waals surface area contributed by atoms with E-state index in [9.17, 15) is 14.7 Å². The number of carboxylic acid groups (broad SMARTS) is 1. The Morgan fingerprint density at radius 1 is 1.36 bits per heavy atom. The topological polar surface area (TPSA) is 106 Å². The number of furan rings is 1. The van der Waals surface area contributed by atoms with Crippen LogP contribution in [-0.4, -0.2) is 28.2 Å². The number of carbonyl (C=O) groups is 2. The predicted octanol–water partition coefficient (Wildman–Crippen LogP) is 1.89. The first-order chi connectivity index (χ1) is 10.5. The summed E-state index contributed by atoms with van der Waals surface area (Å²) in [5.74, 6) is -0.896. The number of nitrogens with zero attached hydrogens (tertiary/aromatic N) is 1. The smallest absolute Gasteiger partial charge is 0.326 e. The first-order valence-electron chi connectivity index (χ1n) is 6.97. The third-order valence-corrected chi connectivity index (χ3v) is 2.99. The molecular weight excluding hydrogens is 288 g/mol. The van der Waals surface area contributed by atoms with Gasteiger partial charge in [-0.15, -0.1) is 0 Å². The zero-order chi connectivity index (χ0) is 16.1. The van der Waals surface area contributed by atoms with Crippen LogP contribution in [0.15, 0.2) is 33.4 Å². The highest BCUT2D eigenvalue weighted by molar-refractivity contribution is 5.94. The Hall–Kier alpha value is -2.57. The van der Waals surface area contributed by atoms with Crippen LogP contribution in [0.25, 0.3) is 0 Å². The van der Waals surface area contributed by atoms with Crippen molar-refractivity contribution in [3.05, 3.63) is 41.7 Å². The number of rotatable bonds is 7. The van der Waals surface area contributed by atoms with E-state index in [0.717, 1.165) is 0 Å². The normalized spacial score (nSPS) is 12.3. The average molecular weight is 306 g/mol. The maximum atomic E-state index is 12.0. The fourth-order valence-electron chi connectivity index (χ4n) is 1.99. The molecule has 0 aromatic carbocycles. The van der Waals surface area contributed by atoms with E-state index in [1.165, 1.54) is 12.3 Å². The summed E-state index contributed by atoms with van der Waals surface area (Å²) in [6.45, 7) is 4.05. The number of hydrogen-bond acceptors (Lipinski definition) is 5. The molecule has 0 aliphatic heterocycles. The van der Waals surface area contributed by atoms with Crippen LogP contribution in [0.4, 0.5) is 0 Å². The molecule has 2 aromatic heterocycles. The number of carboxylic acids is 1. The molecule has 0 aliphatic rings. The number of carbonyl (C=O) groups excluding carboxylic acids is 1. The van der Waals surface area contributed by atoms with Gasteiger partial charge in [-0.25, -0.2) is 4.79 Å². The molecule has 0 spiro atoms. The number of hydrogen-bond donors (Lipinski definition) is 2. The van der Waals surface area contributed by atoms with Crippen molar-refractivity contribution in [1.82, 2.24) is 10.5 Å². The second kappa shape index (κ2) is 6.93. The van der Waals surface area contributed by atoms with Gasteiger partial charge in [-0.1, -0.05) is 19.0 Å². The maximum absolute atomic E-state index is 12.0. The molecule has 2 rings (SSSR count). The molecule has 0 aliphatic carbocycles. The van der Waals surface area contributed by atoms with Crippen molar-refractivity contribution in [2.45, 2.75) is 32.7 Å². The van der Waals surface area contributed by atoms with E-state index in [4.69, 9.17) is 8.94 Å². The largest absolute Gasteiger partial charge is 0.480 e. The van der Waals surface area contributed by atoms with Gasteiger partial charge in [-0.3, -0.25) is 4.79 Å². The molecule has 1 amide bonds. The highest BCUT2D eigenvalue weighted by Crippen LogP contribution is 2.10. The van der Waals surface area contributed by atoms with Crippen molar-refractivity contribution in [2.24, 2.45) is 5.92 Å². The Morgan fingerprint density at radius 3 is 2.73 bits per heavy atom. The zero-order valence-corrected chi connectivity index (χ0v) is 12.4. The third kappa shape index (κ3) is 4.21. The highest BCUT2D eigenvalue weighted by atomic mass is 16.5. The molecule has 2 N–H and O–H groups in total. The van der Waals surface area contributed by atoms with Crippen molar-refractivity contribution in [2.75, 3.05) is 0 Å². The molecule has 0 fully saturated rings. The summed E-state index contributed by atoms with van der Waals surface area (Å²) in [5, 5.41) is 15.4. The summed E-state index contributed by atoms with van der Waals surface area (Å²) >= 11 is 0. The van der Waals surface area contributed by atoms with E-state index >= 15 is 0 Å². The third-order valence-electron chi connectivity index (χ3n) is 2.99. The SMILES string of the molecule is CC(C)Cc1cc(C(=O)NC(Cc2ccco2)C(=O)O)on1. The molecule has 22 heavy (non-hydrogen) atoms. The Bertz CT molecular complexity index is 630. The van der Waals surface area contributed by atoms with Gasteiger partial charge in [0.2, 0.25) is 5.76 Å². The van der Waals surface area contributed by atoms with Crippen LogP contribution >= 0.6 is 0 Å². The van der Waals surface area contributed by atoms with Crippen LogP contribution < -0.4 is 5.32 Å². The lowest BCUT2D eigenvalue weighted by Crippen LogP contribution is -2.42. The second-order valence-electron chi connectivity index (χ2n) is 5.43. The fourth-order valence-corrected chi connectivity index (χ4v) is 1.99.